The molecule has 0 radical (unpaired) electrons. The number of hydrogen-bond donors (Lipinski definition) is 1. The first kappa shape index (κ1) is 13.2. The highest BCUT2D eigenvalue weighted by Gasteiger charge is 2.05. The molecule has 0 fully saturated rings. The topological polar surface area (TPSA) is 63.7 Å². The van der Waals surface area contributed by atoms with E-state index in [1.54, 1.807) is 31.3 Å². The molecule has 5 nitrogen and oxygen atoms in total. The van der Waals surface area contributed by atoms with Crippen LogP contribution in [0.2, 0.25) is 5.15 Å². The standard InChI is InChI=1S/C13H11ClN4OS/c1-19-9-2-3-10-11(4-9)18-13(17-10)20-7-8-5-16-12(14)6-15-8/h2-6H,7H2,1H3,(H,17,18). The lowest BCUT2D eigenvalue weighted by Gasteiger charge is -1.97. The fourth-order valence-corrected chi connectivity index (χ4v) is 2.59. The first-order chi connectivity index (χ1) is 9.74. The molecule has 2 heterocycles. The Balaban J connectivity index is 1.75. The summed E-state index contributed by atoms with van der Waals surface area (Å²) >= 11 is 7.27. The molecule has 3 aromatic rings. The Morgan fingerprint density at radius 3 is 2.95 bits per heavy atom. The van der Waals surface area contributed by atoms with Crippen molar-refractivity contribution in [3.05, 3.63) is 41.4 Å². The van der Waals surface area contributed by atoms with Crippen LogP contribution in [0.4, 0.5) is 0 Å². The maximum atomic E-state index is 5.70. The molecule has 7 heteroatoms. The van der Waals surface area contributed by atoms with E-state index >= 15 is 0 Å². The Kier molecular flexibility index (Phi) is 3.75. The molecule has 2 aromatic heterocycles. The van der Waals surface area contributed by atoms with Gasteiger partial charge in [-0.3, -0.25) is 4.98 Å². The zero-order valence-corrected chi connectivity index (χ0v) is 12.2. The second kappa shape index (κ2) is 5.68. The van der Waals surface area contributed by atoms with Crippen molar-refractivity contribution in [2.45, 2.75) is 10.9 Å². The van der Waals surface area contributed by atoms with Crippen LogP contribution in [0.25, 0.3) is 11.0 Å². The van der Waals surface area contributed by atoms with E-state index in [0.717, 1.165) is 27.6 Å². The van der Waals surface area contributed by atoms with Crippen LogP contribution < -0.4 is 4.74 Å². The number of H-pyrrole nitrogens is 1. The number of methoxy groups -OCH3 is 1. The number of hydrogen-bond acceptors (Lipinski definition) is 5. The molecule has 3 rings (SSSR count). The molecule has 20 heavy (non-hydrogen) atoms. The Morgan fingerprint density at radius 2 is 2.20 bits per heavy atom. The molecule has 0 bridgehead atoms. The van der Waals surface area contributed by atoms with Crippen LogP contribution in [-0.2, 0) is 5.75 Å². The molecule has 0 unspecified atom stereocenters. The van der Waals surface area contributed by atoms with E-state index < -0.39 is 0 Å². The lowest BCUT2D eigenvalue weighted by atomic mass is 10.3. The van der Waals surface area contributed by atoms with E-state index in [-0.39, 0.29) is 0 Å². The van der Waals surface area contributed by atoms with Crippen LogP contribution in [0.5, 0.6) is 5.75 Å². The third-order valence-electron chi connectivity index (χ3n) is 2.70. The monoisotopic (exact) mass is 306 g/mol. The van der Waals surface area contributed by atoms with Gasteiger partial charge in [-0.25, -0.2) is 9.97 Å². The van der Waals surface area contributed by atoms with Crippen LogP contribution in [0.1, 0.15) is 5.69 Å². The van der Waals surface area contributed by atoms with Gasteiger partial charge in [0.15, 0.2) is 5.16 Å². The number of rotatable bonds is 4. The van der Waals surface area contributed by atoms with Crippen molar-refractivity contribution in [2.24, 2.45) is 0 Å². The summed E-state index contributed by atoms with van der Waals surface area (Å²) in [6.07, 6.45) is 3.21. The summed E-state index contributed by atoms with van der Waals surface area (Å²) in [6.45, 7) is 0. The number of aromatic nitrogens is 4. The van der Waals surface area contributed by atoms with Crippen molar-refractivity contribution in [1.82, 2.24) is 19.9 Å². The number of nitrogens with one attached hydrogen (secondary N) is 1. The van der Waals surface area contributed by atoms with Crippen molar-refractivity contribution >= 4 is 34.4 Å². The zero-order chi connectivity index (χ0) is 13.9. The van der Waals surface area contributed by atoms with Gasteiger partial charge < -0.3 is 9.72 Å². The zero-order valence-electron chi connectivity index (χ0n) is 10.6. The average Bonchev–Trinajstić information content (AvgIpc) is 2.88. The highest BCUT2D eigenvalue weighted by Crippen LogP contribution is 2.24. The normalized spacial score (nSPS) is 10.9. The number of aromatic amines is 1. The van der Waals surface area contributed by atoms with Crippen molar-refractivity contribution in [3.63, 3.8) is 0 Å². The minimum absolute atomic E-state index is 0.398. The van der Waals surface area contributed by atoms with E-state index in [2.05, 4.69) is 19.9 Å². The number of nitrogens with zero attached hydrogens (tertiary/aromatic N) is 3. The van der Waals surface area contributed by atoms with Gasteiger partial charge in [-0.1, -0.05) is 23.4 Å². The van der Waals surface area contributed by atoms with Crippen LogP contribution in [-0.4, -0.2) is 27.0 Å². The van der Waals surface area contributed by atoms with Gasteiger partial charge in [0.05, 0.1) is 36.2 Å². The van der Waals surface area contributed by atoms with E-state index in [1.807, 2.05) is 18.2 Å². The molecule has 0 aliphatic rings. The lowest BCUT2D eigenvalue weighted by Crippen LogP contribution is -1.88. The number of fused-ring (bicyclic) bond motifs is 1. The quantitative estimate of drug-likeness (QED) is 0.749. The van der Waals surface area contributed by atoms with Crippen LogP contribution in [0, 0.1) is 0 Å². The summed E-state index contributed by atoms with van der Waals surface area (Å²) < 4.78 is 5.19. The van der Waals surface area contributed by atoms with Gasteiger partial charge in [0.2, 0.25) is 0 Å². The second-order valence-electron chi connectivity index (χ2n) is 4.04. The van der Waals surface area contributed by atoms with Crippen molar-refractivity contribution in [3.8, 4) is 5.75 Å². The molecule has 0 saturated carbocycles. The molecule has 1 aromatic carbocycles. The smallest absolute Gasteiger partial charge is 0.166 e. The summed E-state index contributed by atoms with van der Waals surface area (Å²) in [5.41, 5.74) is 2.72. The SMILES string of the molecule is COc1ccc2nc(SCc3cnc(Cl)cn3)[nH]c2c1. The van der Waals surface area contributed by atoms with Crippen LogP contribution >= 0.6 is 23.4 Å². The van der Waals surface area contributed by atoms with E-state index in [4.69, 9.17) is 16.3 Å². The summed E-state index contributed by atoms with van der Waals surface area (Å²) in [5.74, 6) is 1.49. The van der Waals surface area contributed by atoms with Gasteiger partial charge in [0.25, 0.3) is 0 Å². The van der Waals surface area contributed by atoms with Gasteiger partial charge >= 0.3 is 0 Å². The molecule has 102 valence electrons. The second-order valence-corrected chi connectivity index (χ2v) is 5.40. The molecule has 0 atom stereocenters. The molecule has 1 N–H and O–H groups in total. The summed E-state index contributed by atoms with van der Waals surface area (Å²) in [6, 6.07) is 5.74. The predicted molar refractivity (Wildman–Crippen MR) is 79.2 cm³/mol. The van der Waals surface area contributed by atoms with Crippen LogP contribution in [0.3, 0.4) is 0 Å². The summed E-state index contributed by atoms with van der Waals surface area (Å²) in [4.78, 5) is 15.9. The van der Waals surface area contributed by atoms with Crippen molar-refractivity contribution in [1.29, 1.82) is 0 Å². The molecule has 0 amide bonds. The highest BCUT2D eigenvalue weighted by atomic mass is 35.5. The fraction of sp³-hybridized carbons (Fsp3) is 0.154. The lowest BCUT2D eigenvalue weighted by molar-refractivity contribution is 0.415. The maximum Gasteiger partial charge on any atom is 0.166 e. The largest absolute Gasteiger partial charge is 0.497 e. The summed E-state index contributed by atoms with van der Waals surface area (Å²) in [5, 5.41) is 1.24. The van der Waals surface area contributed by atoms with Gasteiger partial charge in [0, 0.05) is 11.8 Å². The van der Waals surface area contributed by atoms with Gasteiger partial charge in [-0.2, -0.15) is 0 Å². The molecular weight excluding hydrogens is 296 g/mol. The highest BCUT2D eigenvalue weighted by molar-refractivity contribution is 7.98. The van der Waals surface area contributed by atoms with Crippen LogP contribution in [0.15, 0.2) is 35.7 Å². The number of thioether (sulfide) groups is 1. The van der Waals surface area contributed by atoms with E-state index in [1.165, 1.54) is 0 Å². The average molecular weight is 307 g/mol. The molecule has 0 spiro atoms. The van der Waals surface area contributed by atoms with Crippen molar-refractivity contribution in [2.75, 3.05) is 7.11 Å². The maximum absolute atomic E-state index is 5.70. The fourth-order valence-electron chi connectivity index (χ4n) is 1.72. The first-order valence-electron chi connectivity index (χ1n) is 5.87. The summed E-state index contributed by atoms with van der Waals surface area (Å²) in [7, 11) is 1.65. The number of halogens is 1. The molecular formula is C13H11ClN4OS. The van der Waals surface area contributed by atoms with Gasteiger partial charge in [-0.05, 0) is 12.1 Å². The predicted octanol–water partition coefficient (Wildman–Crippen LogP) is 3.31. The first-order valence-corrected chi connectivity index (χ1v) is 7.24. The number of benzene rings is 1. The third-order valence-corrected chi connectivity index (χ3v) is 3.80. The minimum atomic E-state index is 0.398. The van der Waals surface area contributed by atoms with Gasteiger partial charge in [-0.15, -0.1) is 0 Å². The Morgan fingerprint density at radius 1 is 1.30 bits per heavy atom. The molecule has 0 aliphatic carbocycles. The Labute approximate surface area is 124 Å². The van der Waals surface area contributed by atoms with E-state index in [0.29, 0.717) is 10.9 Å². The number of ether oxygens (including phenoxy) is 1. The number of imidazole rings is 1. The minimum Gasteiger partial charge on any atom is -0.497 e. The Bertz CT molecular complexity index is 729. The molecule has 0 saturated heterocycles. The third kappa shape index (κ3) is 2.86. The van der Waals surface area contributed by atoms with Crippen molar-refractivity contribution < 1.29 is 4.74 Å². The van der Waals surface area contributed by atoms with Gasteiger partial charge in [0.1, 0.15) is 10.9 Å². The molecule has 0 aliphatic heterocycles. The Hall–Kier alpha value is -1.79. The van der Waals surface area contributed by atoms with E-state index in [9.17, 15) is 0 Å².